The van der Waals surface area contributed by atoms with E-state index in [4.69, 9.17) is 14.2 Å². The molecule has 0 radical (unpaired) electrons. The van der Waals surface area contributed by atoms with Crippen molar-refractivity contribution in [3.05, 3.63) is 65.7 Å². The molecule has 2 aromatic rings. The Morgan fingerprint density at radius 2 is 1.64 bits per heavy atom. The van der Waals surface area contributed by atoms with Crippen LogP contribution in [-0.2, 0) is 20.9 Å². The van der Waals surface area contributed by atoms with Gasteiger partial charge in [-0.25, -0.2) is 4.79 Å². The molecule has 0 heterocycles. The lowest BCUT2D eigenvalue weighted by molar-refractivity contribution is -0.148. The molecule has 0 N–H and O–H groups in total. The molecule has 2 aromatic carbocycles. The van der Waals surface area contributed by atoms with Gasteiger partial charge in [-0.3, -0.25) is 4.79 Å². The molecule has 0 saturated carbocycles. The maximum Gasteiger partial charge on any atom is 0.331 e. The predicted octanol–water partition coefficient (Wildman–Crippen LogP) is 3.31. The van der Waals surface area contributed by atoms with Gasteiger partial charge in [0.15, 0.2) is 6.61 Å². The molecular formula is C22H25NO5. The van der Waals surface area contributed by atoms with Crippen molar-refractivity contribution in [1.82, 2.24) is 4.90 Å². The molecular weight excluding hydrogens is 358 g/mol. The van der Waals surface area contributed by atoms with Crippen LogP contribution in [0.2, 0.25) is 0 Å². The van der Waals surface area contributed by atoms with Crippen molar-refractivity contribution in [2.75, 3.05) is 27.4 Å². The zero-order valence-corrected chi connectivity index (χ0v) is 16.4. The van der Waals surface area contributed by atoms with Crippen LogP contribution in [0.4, 0.5) is 0 Å². The molecule has 0 aliphatic heterocycles. The lowest BCUT2D eigenvalue weighted by Gasteiger charge is -2.20. The van der Waals surface area contributed by atoms with Crippen LogP contribution in [-0.4, -0.2) is 44.1 Å². The van der Waals surface area contributed by atoms with Gasteiger partial charge in [0.05, 0.1) is 14.2 Å². The first-order chi connectivity index (χ1) is 13.5. The maximum absolute atomic E-state index is 12.3. The standard InChI is InChI=1S/C22H25NO5/c1-4-23(15-17-8-6-5-7-9-17)21(24)16-28-22(25)11-10-18-12-19(26-2)14-20(13-18)27-3/h5-14H,4,15-16H2,1-3H3/b11-10+. The zero-order valence-electron chi connectivity index (χ0n) is 16.4. The van der Waals surface area contributed by atoms with Crippen LogP contribution in [0, 0.1) is 0 Å². The minimum absolute atomic E-state index is 0.240. The number of carbonyl (C=O) groups excluding carboxylic acids is 2. The quantitative estimate of drug-likeness (QED) is 0.491. The van der Waals surface area contributed by atoms with Crippen LogP contribution >= 0.6 is 0 Å². The van der Waals surface area contributed by atoms with Crippen molar-refractivity contribution < 1.29 is 23.8 Å². The van der Waals surface area contributed by atoms with E-state index in [0.717, 1.165) is 11.1 Å². The Hall–Kier alpha value is -3.28. The highest BCUT2D eigenvalue weighted by Gasteiger charge is 2.14. The monoisotopic (exact) mass is 383 g/mol. The Balaban J connectivity index is 1.90. The number of benzene rings is 2. The van der Waals surface area contributed by atoms with Gasteiger partial charge in [0.25, 0.3) is 5.91 Å². The molecule has 0 fully saturated rings. The summed E-state index contributed by atoms with van der Waals surface area (Å²) in [6, 6.07) is 14.9. The number of amides is 1. The molecule has 28 heavy (non-hydrogen) atoms. The highest BCUT2D eigenvalue weighted by Crippen LogP contribution is 2.23. The fourth-order valence-corrected chi connectivity index (χ4v) is 2.54. The summed E-state index contributed by atoms with van der Waals surface area (Å²) in [6.45, 7) is 2.60. The summed E-state index contributed by atoms with van der Waals surface area (Å²) in [5, 5.41) is 0. The summed E-state index contributed by atoms with van der Waals surface area (Å²) in [5.74, 6) is 0.395. The SMILES string of the molecule is CCN(Cc1ccccc1)C(=O)COC(=O)/C=C/c1cc(OC)cc(OC)c1. The number of hydrogen-bond acceptors (Lipinski definition) is 5. The lowest BCUT2D eigenvalue weighted by Crippen LogP contribution is -2.33. The third-order valence-electron chi connectivity index (χ3n) is 4.07. The summed E-state index contributed by atoms with van der Waals surface area (Å²) < 4.78 is 15.5. The maximum atomic E-state index is 12.3. The number of esters is 1. The first-order valence-electron chi connectivity index (χ1n) is 8.95. The number of carbonyl (C=O) groups is 2. The van der Waals surface area contributed by atoms with E-state index in [-0.39, 0.29) is 12.5 Å². The first kappa shape index (κ1) is 21.0. The second kappa shape index (κ2) is 10.8. The minimum Gasteiger partial charge on any atom is -0.497 e. The van der Waals surface area contributed by atoms with E-state index in [1.807, 2.05) is 37.3 Å². The molecule has 0 aromatic heterocycles. The number of rotatable bonds is 9. The van der Waals surface area contributed by atoms with Crippen molar-refractivity contribution in [1.29, 1.82) is 0 Å². The van der Waals surface area contributed by atoms with Crippen LogP contribution < -0.4 is 9.47 Å². The summed E-state index contributed by atoms with van der Waals surface area (Å²) in [5.41, 5.74) is 1.75. The van der Waals surface area contributed by atoms with Gasteiger partial charge in [-0.2, -0.15) is 0 Å². The van der Waals surface area contributed by atoms with E-state index in [1.165, 1.54) is 6.08 Å². The highest BCUT2D eigenvalue weighted by atomic mass is 16.5. The Bertz CT molecular complexity index is 795. The van der Waals surface area contributed by atoms with Gasteiger partial charge in [0, 0.05) is 25.2 Å². The average molecular weight is 383 g/mol. The molecule has 0 saturated heterocycles. The number of likely N-dealkylation sites (N-methyl/N-ethyl adjacent to an activating group) is 1. The zero-order chi connectivity index (χ0) is 20.4. The fraction of sp³-hybridized carbons (Fsp3) is 0.273. The highest BCUT2D eigenvalue weighted by molar-refractivity contribution is 5.89. The van der Waals surface area contributed by atoms with Gasteiger partial charge in [-0.1, -0.05) is 30.3 Å². The summed E-state index contributed by atoms with van der Waals surface area (Å²) in [7, 11) is 3.11. The summed E-state index contributed by atoms with van der Waals surface area (Å²) in [4.78, 5) is 25.9. The Kier molecular flexibility index (Phi) is 8.09. The minimum atomic E-state index is -0.592. The average Bonchev–Trinajstić information content (AvgIpc) is 2.74. The van der Waals surface area contributed by atoms with Crippen LogP contribution in [0.3, 0.4) is 0 Å². The van der Waals surface area contributed by atoms with E-state index in [9.17, 15) is 9.59 Å². The summed E-state index contributed by atoms with van der Waals surface area (Å²) in [6.07, 6.45) is 2.86. The molecule has 0 aliphatic rings. The second-order valence-electron chi connectivity index (χ2n) is 5.98. The third kappa shape index (κ3) is 6.46. The van der Waals surface area contributed by atoms with Gasteiger partial charge >= 0.3 is 5.97 Å². The van der Waals surface area contributed by atoms with E-state index in [1.54, 1.807) is 43.4 Å². The number of ether oxygens (including phenoxy) is 3. The molecule has 0 spiro atoms. The molecule has 6 heteroatoms. The lowest BCUT2D eigenvalue weighted by atomic mass is 10.2. The van der Waals surface area contributed by atoms with Crippen molar-refractivity contribution >= 4 is 18.0 Å². The second-order valence-corrected chi connectivity index (χ2v) is 5.98. The number of hydrogen-bond donors (Lipinski definition) is 0. The Morgan fingerprint density at radius 1 is 1.00 bits per heavy atom. The fourth-order valence-electron chi connectivity index (χ4n) is 2.54. The van der Waals surface area contributed by atoms with Crippen molar-refractivity contribution in [3.63, 3.8) is 0 Å². The van der Waals surface area contributed by atoms with Crippen molar-refractivity contribution in [2.24, 2.45) is 0 Å². The Labute approximate surface area is 165 Å². The predicted molar refractivity (Wildman–Crippen MR) is 107 cm³/mol. The normalized spacial score (nSPS) is 10.5. The first-order valence-corrected chi connectivity index (χ1v) is 8.95. The van der Waals surface area contributed by atoms with E-state index in [2.05, 4.69) is 0 Å². The number of methoxy groups -OCH3 is 2. The van der Waals surface area contributed by atoms with Gasteiger partial charge in [-0.05, 0) is 36.3 Å². The van der Waals surface area contributed by atoms with Crippen molar-refractivity contribution in [3.8, 4) is 11.5 Å². The third-order valence-corrected chi connectivity index (χ3v) is 4.07. The van der Waals surface area contributed by atoms with Gasteiger partial charge in [0.2, 0.25) is 0 Å². The van der Waals surface area contributed by atoms with Crippen LogP contribution in [0.25, 0.3) is 6.08 Å². The molecule has 0 atom stereocenters. The largest absolute Gasteiger partial charge is 0.497 e. The van der Waals surface area contributed by atoms with E-state index >= 15 is 0 Å². The van der Waals surface area contributed by atoms with E-state index < -0.39 is 5.97 Å². The Morgan fingerprint density at radius 3 is 2.21 bits per heavy atom. The number of nitrogens with zero attached hydrogens (tertiary/aromatic N) is 1. The van der Waals surface area contributed by atoms with Gasteiger partial charge in [-0.15, -0.1) is 0 Å². The molecule has 0 aliphatic carbocycles. The van der Waals surface area contributed by atoms with Crippen molar-refractivity contribution in [2.45, 2.75) is 13.5 Å². The molecule has 1 amide bonds. The summed E-state index contributed by atoms with van der Waals surface area (Å²) >= 11 is 0. The van der Waals surface area contributed by atoms with Crippen LogP contribution in [0.15, 0.2) is 54.6 Å². The van der Waals surface area contributed by atoms with Crippen LogP contribution in [0.1, 0.15) is 18.1 Å². The van der Waals surface area contributed by atoms with Gasteiger partial charge < -0.3 is 19.1 Å². The molecule has 0 unspecified atom stereocenters. The molecule has 148 valence electrons. The topological polar surface area (TPSA) is 65.1 Å². The van der Waals surface area contributed by atoms with Crippen LogP contribution in [0.5, 0.6) is 11.5 Å². The smallest absolute Gasteiger partial charge is 0.331 e. The van der Waals surface area contributed by atoms with Gasteiger partial charge in [0.1, 0.15) is 11.5 Å². The van der Waals surface area contributed by atoms with E-state index in [0.29, 0.717) is 24.6 Å². The molecule has 2 rings (SSSR count). The molecule has 6 nitrogen and oxygen atoms in total. The molecule has 0 bridgehead atoms.